The summed E-state index contributed by atoms with van der Waals surface area (Å²) in [5, 5.41) is 0. The van der Waals surface area contributed by atoms with E-state index < -0.39 is 0 Å². The number of nitrogen functional groups attached to an aromatic ring is 1. The molecule has 92 valence electrons. The Hall–Kier alpha value is -1.96. The molecule has 0 radical (unpaired) electrons. The SMILES string of the molecule is Nc1ccc(CCN2CCc3ccccc32)cc1. The first-order valence-corrected chi connectivity index (χ1v) is 6.50. The summed E-state index contributed by atoms with van der Waals surface area (Å²) in [6, 6.07) is 16.9. The lowest BCUT2D eigenvalue weighted by atomic mass is 10.1. The second kappa shape index (κ2) is 4.73. The van der Waals surface area contributed by atoms with Crippen LogP contribution in [0.3, 0.4) is 0 Å². The fourth-order valence-corrected chi connectivity index (χ4v) is 2.59. The first kappa shape index (κ1) is 11.1. The summed E-state index contributed by atoms with van der Waals surface area (Å²) in [5.74, 6) is 0. The Labute approximate surface area is 108 Å². The normalized spacial score (nSPS) is 13.7. The van der Waals surface area contributed by atoms with Crippen molar-refractivity contribution >= 4 is 11.4 Å². The number of hydrogen-bond donors (Lipinski definition) is 1. The molecule has 2 aromatic carbocycles. The molecule has 2 aromatic rings. The van der Waals surface area contributed by atoms with E-state index in [0.717, 1.165) is 25.2 Å². The maximum absolute atomic E-state index is 5.70. The Bertz CT molecular complexity index is 531. The van der Waals surface area contributed by atoms with Crippen LogP contribution in [0.1, 0.15) is 11.1 Å². The maximum Gasteiger partial charge on any atom is 0.0399 e. The van der Waals surface area contributed by atoms with Gasteiger partial charge in [-0.25, -0.2) is 0 Å². The molecule has 1 heterocycles. The monoisotopic (exact) mass is 238 g/mol. The van der Waals surface area contributed by atoms with E-state index in [-0.39, 0.29) is 0 Å². The molecule has 0 fully saturated rings. The predicted octanol–water partition coefficient (Wildman–Crippen LogP) is 2.87. The molecule has 0 unspecified atom stereocenters. The fraction of sp³-hybridized carbons (Fsp3) is 0.250. The molecule has 0 bridgehead atoms. The molecule has 0 saturated carbocycles. The third kappa shape index (κ3) is 2.19. The van der Waals surface area contributed by atoms with Crippen LogP contribution in [0, 0.1) is 0 Å². The van der Waals surface area contributed by atoms with Crippen LogP contribution in [0.15, 0.2) is 48.5 Å². The third-order valence-electron chi connectivity index (χ3n) is 3.63. The average Bonchev–Trinajstić information content (AvgIpc) is 2.82. The Balaban J connectivity index is 1.67. The second-order valence-electron chi connectivity index (χ2n) is 4.86. The van der Waals surface area contributed by atoms with Crippen molar-refractivity contribution in [3.63, 3.8) is 0 Å². The molecule has 2 N–H and O–H groups in total. The van der Waals surface area contributed by atoms with E-state index >= 15 is 0 Å². The number of nitrogens with two attached hydrogens (primary N) is 1. The van der Waals surface area contributed by atoms with Crippen molar-refractivity contribution in [2.75, 3.05) is 23.7 Å². The molecule has 3 rings (SSSR count). The molecule has 2 heteroatoms. The van der Waals surface area contributed by atoms with Gasteiger partial charge in [-0.05, 0) is 42.2 Å². The van der Waals surface area contributed by atoms with Gasteiger partial charge >= 0.3 is 0 Å². The van der Waals surface area contributed by atoms with Gasteiger partial charge in [0.2, 0.25) is 0 Å². The summed E-state index contributed by atoms with van der Waals surface area (Å²) in [5.41, 5.74) is 10.8. The topological polar surface area (TPSA) is 29.3 Å². The van der Waals surface area contributed by atoms with E-state index in [1.807, 2.05) is 12.1 Å². The van der Waals surface area contributed by atoms with E-state index in [1.54, 1.807) is 0 Å². The minimum Gasteiger partial charge on any atom is -0.399 e. The lowest BCUT2D eigenvalue weighted by Gasteiger charge is -2.19. The van der Waals surface area contributed by atoms with Crippen LogP contribution >= 0.6 is 0 Å². The predicted molar refractivity (Wildman–Crippen MR) is 76.9 cm³/mol. The molecule has 0 saturated heterocycles. The molecule has 1 aliphatic rings. The largest absolute Gasteiger partial charge is 0.399 e. The molecule has 0 atom stereocenters. The summed E-state index contributed by atoms with van der Waals surface area (Å²) in [6.07, 6.45) is 2.26. The second-order valence-corrected chi connectivity index (χ2v) is 4.86. The van der Waals surface area contributed by atoms with Gasteiger partial charge < -0.3 is 10.6 Å². The number of anilines is 2. The van der Waals surface area contributed by atoms with Gasteiger partial charge in [-0.15, -0.1) is 0 Å². The van der Waals surface area contributed by atoms with Crippen molar-refractivity contribution in [2.45, 2.75) is 12.8 Å². The summed E-state index contributed by atoms with van der Waals surface area (Å²) in [6.45, 7) is 2.23. The fourth-order valence-electron chi connectivity index (χ4n) is 2.59. The first-order valence-electron chi connectivity index (χ1n) is 6.50. The van der Waals surface area contributed by atoms with E-state index in [2.05, 4.69) is 41.3 Å². The molecular formula is C16H18N2. The highest BCUT2D eigenvalue weighted by Gasteiger charge is 2.17. The smallest absolute Gasteiger partial charge is 0.0399 e. The minimum absolute atomic E-state index is 0.838. The highest BCUT2D eigenvalue weighted by Crippen LogP contribution is 2.27. The molecule has 18 heavy (non-hydrogen) atoms. The summed E-state index contributed by atoms with van der Waals surface area (Å²) < 4.78 is 0. The van der Waals surface area contributed by atoms with Crippen LogP contribution < -0.4 is 10.6 Å². The van der Waals surface area contributed by atoms with Gasteiger partial charge in [-0.3, -0.25) is 0 Å². The van der Waals surface area contributed by atoms with Crippen molar-refractivity contribution in [3.8, 4) is 0 Å². The van der Waals surface area contributed by atoms with Crippen LogP contribution in [-0.4, -0.2) is 13.1 Å². The summed E-state index contributed by atoms with van der Waals surface area (Å²) in [4.78, 5) is 2.48. The van der Waals surface area contributed by atoms with E-state index in [1.165, 1.54) is 23.2 Å². The van der Waals surface area contributed by atoms with Crippen molar-refractivity contribution in [1.82, 2.24) is 0 Å². The summed E-state index contributed by atoms with van der Waals surface area (Å²) >= 11 is 0. The Morgan fingerprint density at radius 1 is 1.00 bits per heavy atom. The van der Waals surface area contributed by atoms with Crippen molar-refractivity contribution in [2.24, 2.45) is 0 Å². The highest BCUT2D eigenvalue weighted by atomic mass is 15.1. The van der Waals surface area contributed by atoms with Crippen LogP contribution in [-0.2, 0) is 12.8 Å². The van der Waals surface area contributed by atoms with Gasteiger partial charge in [0.15, 0.2) is 0 Å². The van der Waals surface area contributed by atoms with Crippen molar-refractivity contribution in [3.05, 3.63) is 59.7 Å². The van der Waals surface area contributed by atoms with E-state index in [4.69, 9.17) is 5.73 Å². The quantitative estimate of drug-likeness (QED) is 0.833. The Kier molecular flexibility index (Phi) is 2.93. The van der Waals surface area contributed by atoms with Crippen LogP contribution in [0.5, 0.6) is 0 Å². The number of fused-ring (bicyclic) bond motifs is 1. The third-order valence-corrected chi connectivity index (χ3v) is 3.63. The van der Waals surface area contributed by atoms with Crippen LogP contribution in [0.25, 0.3) is 0 Å². The highest BCUT2D eigenvalue weighted by molar-refractivity contribution is 5.57. The van der Waals surface area contributed by atoms with E-state index in [9.17, 15) is 0 Å². The average molecular weight is 238 g/mol. The lowest BCUT2D eigenvalue weighted by molar-refractivity contribution is 0.813. The maximum atomic E-state index is 5.70. The van der Waals surface area contributed by atoms with Crippen molar-refractivity contribution in [1.29, 1.82) is 0 Å². The van der Waals surface area contributed by atoms with Gasteiger partial charge in [-0.2, -0.15) is 0 Å². The molecule has 0 aromatic heterocycles. The molecular weight excluding hydrogens is 220 g/mol. The standard InChI is InChI=1S/C16H18N2/c17-15-7-5-13(6-8-15)9-11-18-12-10-14-3-1-2-4-16(14)18/h1-8H,9-12,17H2. The van der Waals surface area contributed by atoms with Gasteiger partial charge in [0.05, 0.1) is 0 Å². The number of hydrogen-bond acceptors (Lipinski definition) is 2. The van der Waals surface area contributed by atoms with Crippen LogP contribution in [0.4, 0.5) is 11.4 Å². The van der Waals surface area contributed by atoms with E-state index in [0.29, 0.717) is 0 Å². The Morgan fingerprint density at radius 3 is 2.61 bits per heavy atom. The number of benzene rings is 2. The van der Waals surface area contributed by atoms with Gasteiger partial charge in [0.25, 0.3) is 0 Å². The molecule has 2 nitrogen and oxygen atoms in total. The number of para-hydroxylation sites is 1. The molecule has 1 aliphatic heterocycles. The zero-order valence-corrected chi connectivity index (χ0v) is 10.5. The molecule has 0 spiro atoms. The van der Waals surface area contributed by atoms with Crippen molar-refractivity contribution < 1.29 is 0 Å². The lowest BCUT2D eigenvalue weighted by Crippen LogP contribution is -2.23. The zero-order chi connectivity index (χ0) is 12.4. The minimum atomic E-state index is 0.838. The van der Waals surface area contributed by atoms with Gasteiger partial charge in [0, 0.05) is 24.5 Å². The van der Waals surface area contributed by atoms with Gasteiger partial charge in [-0.1, -0.05) is 30.3 Å². The number of rotatable bonds is 3. The summed E-state index contributed by atoms with van der Waals surface area (Å²) in [7, 11) is 0. The van der Waals surface area contributed by atoms with Crippen LogP contribution in [0.2, 0.25) is 0 Å². The van der Waals surface area contributed by atoms with Gasteiger partial charge in [0.1, 0.15) is 0 Å². The molecule has 0 aliphatic carbocycles. The molecule has 0 amide bonds. The Morgan fingerprint density at radius 2 is 1.78 bits per heavy atom. The zero-order valence-electron chi connectivity index (χ0n) is 10.5. The number of nitrogens with zero attached hydrogens (tertiary/aromatic N) is 1. The first-order chi connectivity index (χ1) is 8.83.